The average molecular weight is 220 g/mol. The van der Waals surface area contributed by atoms with Crippen LogP contribution < -0.4 is 5.32 Å². The summed E-state index contributed by atoms with van der Waals surface area (Å²) < 4.78 is 0. The SMILES string of the molecule is Cc1nccc(CN2CCC(=O)NC2=O)n1. The van der Waals surface area contributed by atoms with E-state index in [1.807, 2.05) is 0 Å². The van der Waals surface area contributed by atoms with E-state index >= 15 is 0 Å². The van der Waals surface area contributed by atoms with Gasteiger partial charge in [0.15, 0.2) is 0 Å². The van der Waals surface area contributed by atoms with Crippen molar-refractivity contribution in [2.75, 3.05) is 6.54 Å². The Morgan fingerprint density at radius 3 is 3.00 bits per heavy atom. The number of imide groups is 1. The van der Waals surface area contributed by atoms with E-state index in [0.29, 0.717) is 25.3 Å². The van der Waals surface area contributed by atoms with Crippen LogP contribution in [0.3, 0.4) is 0 Å². The van der Waals surface area contributed by atoms with Crippen molar-refractivity contribution in [3.63, 3.8) is 0 Å². The molecule has 1 saturated heterocycles. The summed E-state index contributed by atoms with van der Waals surface area (Å²) in [5, 5.41) is 2.27. The predicted molar refractivity (Wildman–Crippen MR) is 55.3 cm³/mol. The third-order valence-corrected chi connectivity index (χ3v) is 2.33. The molecule has 1 aliphatic rings. The van der Waals surface area contributed by atoms with Gasteiger partial charge in [-0.1, -0.05) is 0 Å². The molecular formula is C10H12N4O2. The number of carbonyl (C=O) groups excluding carboxylic acids is 2. The molecule has 6 heteroatoms. The van der Waals surface area contributed by atoms with Crippen molar-refractivity contribution in [2.24, 2.45) is 0 Å². The summed E-state index contributed by atoms with van der Waals surface area (Å²) in [6, 6.07) is 1.41. The van der Waals surface area contributed by atoms with Gasteiger partial charge in [-0.2, -0.15) is 0 Å². The van der Waals surface area contributed by atoms with Gasteiger partial charge >= 0.3 is 6.03 Å². The number of amides is 3. The zero-order valence-corrected chi connectivity index (χ0v) is 8.93. The van der Waals surface area contributed by atoms with Gasteiger partial charge in [0.25, 0.3) is 0 Å². The Labute approximate surface area is 92.7 Å². The maximum absolute atomic E-state index is 11.4. The van der Waals surface area contributed by atoms with E-state index < -0.39 is 0 Å². The molecule has 2 rings (SSSR count). The summed E-state index contributed by atoms with van der Waals surface area (Å²) in [5.74, 6) is 0.450. The second kappa shape index (κ2) is 4.26. The number of hydrogen-bond donors (Lipinski definition) is 1. The van der Waals surface area contributed by atoms with Crippen LogP contribution in [0.4, 0.5) is 4.79 Å². The largest absolute Gasteiger partial charge is 0.324 e. The molecule has 0 aliphatic carbocycles. The molecule has 1 N–H and O–H groups in total. The Hall–Kier alpha value is -1.98. The topological polar surface area (TPSA) is 75.2 Å². The molecule has 16 heavy (non-hydrogen) atoms. The van der Waals surface area contributed by atoms with Gasteiger partial charge in [-0.15, -0.1) is 0 Å². The van der Waals surface area contributed by atoms with Crippen molar-refractivity contribution in [1.82, 2.24) is 20.2 Å². The number of nitrogens with zero attached hydrogens (tertiary/aromatic N) is 3. The monoisotopic (exact) mass is 220 g/mol. The highest BCUT2D eigenvalue weighted by Crippen LogP contribution is 2.06. The molecule has 1 fully saturated rings. The molecular weight excluding hydrogens is 208 g/mol. The average Bonchev–Trinajstić information content (AvgIpc) is 2.22. The van der Waals surface area contributed by atoms with E-state index in [1.165, 1.54) is 0 Å². The highest BCUT2D eigenvalue weighted by atomic mass is 16.2. The van der Waals surface area contributed by atoms with Gasteiger partial charge in [0.2, 0.25) is 5.91 Å². The van der Waals surface area contributed by atoms with Crippen LogP contribution in [0.2, 0.25) is 0 Å². The second-order valence-electron chi connectivity index (χ2n) is 3.62. The normalized spacial score (nSPS) is 16.2. The number of nitrogens with one attached hydrogen (secondary N) is 1. The molecule has 0 radical (unpaired) electrons. The number of aryl methyl sites for hydroxylation is 1. The molecule has 0 saturated carbocycles. The smallest absolute Gasteiger partial charge is 0.318 e. The molecule has 0 bridgehead atoms. The van der Waals surface area contributed by atoms with E-state index in [-0.39, 0.29) is 11.9 Å². The third-order valence-electron chi connectivity index (χ3n) is 2.33. The van der Waals surface area contributed by atoms with Crippen LogP contribution in [0.5, 0.6) is 0 Å². The molecule has 84 valence electrons. The van der Waals surface area contributed by atoms with Gasteiger partial charge in [-0.25, -0.2) is 14.8 Å². The maximum Gasteiger partial charge on any atom is 0.324 e. The van der Waals surface area contributed by atoms with Gasteiger partial charge in [0.1, 0.15) is 5.82 Å². The van der Waals surface area contributed by atoms with Crippen molar-refractivity contribution in [2.45, 2.75) is 19.9 Å². The Morgan fingerprint density at radius 2 is 2.31 bits per heavy atom. The first-order valence-electron chi connectivity index (χ1n) is 5.02. The maximum atomic E-state index is 11.4. The molecule has 1 aromatic heterocycles. The fourth-order valence-electron chi connectivity index (χ4n) is 1.54. The molecule has 0 aromatic carbocycles. The minimum atomic E-state index is -0.354. The zero-order valence-electron chi connectivity index (χ0n) is 8.93. The minimum Gasteiger partial charge on any atom is -0.318 e. The van der Waals surface area contributed by atoms with Crippen molar-refractivity contribution in [1.29, 1.82) is 0 Å². The fourth-order valence-corrected chi connectivity index (χ4v) is 1.54. The summed E-state index contributed by atoms with van der Waals surface area (Å²) in [5.41, 5.74) is 0.775. The first-order chi connectivity index (χ1) is 7.65. The van der Waals surface area contributed by atoms with Gasteiger partial charge in [-0.3, -0.25) is 10.1 Å². The standard InChI is InChI=1S/C10H12N4O2/c1-7-11-4-2-8(12-7)6-14-5-3-9(15)13-10(14)16/h2,4H,3,5-6H2,1H3,(H,13,15,16). The Bertz CT molecular complexity index is 433. The molecule has 1 aliphatic heterocycles. The lowest BCUT2D eigenvalue weighted by molar-refractivity contribution is -0.121. The van der Waals surface area contributed by atoms with Crippen LogP contribution in [-0.4, -0.2) is 33.4 Å². The molecule has 1 aromatic rings. The molecule has 0 unspecified atom stereocenters. The van der Waals surface area contributed by atoms with Crippen LogP contribution >= 0.6 is 0 Å². The summed E-state index contributed by atoms with van der Waals surface area (Å²) >= 11 is 0. The van der Waals surface area contributed by atoms with Crippen molar-refractivity contribution in [3.8, 4) is 0 Å². The molecule has 3 amide bonds. The quantitative estimate of drug-likeness (QED) is 0.774. The number of hydrogen-bond acceptors (Lipinski definition) is 4. The highest BCUT2D eigenvalue weighted by molar-refractivity contribution is 5.96. The molecule has 6 nitrogen and oxygen atoms in total. The third kappa shape index (κ3) is 2.33. The highest BCUT2D eigenvalue weighted by Gasteiger charge is 2.22. The zero-order chi connectivity index (χ0) is 11.5. The van der Waals surface area contributed by atoms with E-state index in [9.17, 15) is 9.59 Å². The van der Waals surface area contributed by atoms with Crippen molar-refractivity contribution < 1.29 is 9.59 Å². The lowest BCUT2D eigenvalue weighted by Gasteiger charge is -2.26. The van der Waals surface area contributed by atoms with E-state index in [0.717, 1.165) is 5.69 Å². The summed E-state index contributed by atoms with van der Waals surface area (Å²) in [6.45, 7) is 2.64. The fraction of sp³-hybridized carbons (Fsp3) is 0.400. The second-order valence-corrected chi connectivity index (χ2v) is 3.62. The number of urea groups is 1. The first-order valence-corrected chi connectivity index (χ1v) is 5.02. The minimum absolute atomic E-state index is 0.222. The lowest BCUT2D eigenvalue weighted by Crippen LogP contribution is -2.48. The van der Waals surface area contributed by atoms with Crippen LogP contribution in [0, 0.1) is 6.92 Å². The number of rotatable bonds is 2. The Balaban J connectivity index is 2.05. The van der Waals surface area contributed by atoms with Crippen LogP contribution in [0.1, 0.15) is 17.9 Å². The number of aromatic nitrogens is 2. The predicted octanol–water partition coefficient (Wildman–Crippen LogP) is 0.227. The molecule has 0 spiro atoms. The number of carbonyl (C=O) groups is 2. The molecule has 0 atom stereocenters. The molecule has 2 heterocycles. The van der Waals surface area contributed by atoms with Gasteiger partial charge < -0.3 is 4.90 Å². The van der Waals surface area contributed by atoms with Crippen LogP contribution in [-0.2, 0) is 11.3 Å². The van der Waals surface area contributed by atoms with Crippen molar-refractivity contribution in [3.05, 3.63) is 23.8 Å². The van der Waals surface area contributed by atoms with E-state index in [1.54, 1.807) is 24.1 Å². The van der Waals surface area contributed by atoms with Crippen LogP contribution in [0.25, 0.3) is 0 Å². The van der Waals surface area contributed by atoms with E-state index in [4.69, 9.17) is 0 Å². The first kappa shape index (κ1) is 10.5. The van der Waals surface area contributed by atoms with Gasteiger partial charge in [0.05, 0.1) is 12.2 Å². The summed E-state index contributed by atoms with van der Waals surface area (Å²) in [7, 11) is 0. The summed E-state index contributed by atoms with van der Waals surface area (Å²) in [6.07, 6.45) is 2.00. The lowest BCUT2D eigenvalue weighted by atomic mass is 10.3. The van der Waals surface area contributed by atoms with Gasteiger partial charge in [-0.05, 0) is 13.0 Å². The summed E-state index contributed by atoms with van der Waals surface area (Å²) in [4.78, 5) is 32.1. The van der Waals surface area contributed by atoms with Gasteiger partial charge in [0, 0.05) is 19.2 Å². The Kier molecular flexibility index (Phi) is 2.80. The van der Waals surface area contributed by atoms with Crippen LogP contribution in [0.15, 0.2) is 12.3 Å². The van der Waals surface area contributed by atoms with E-state index in [2.05, 4.69) is 15.3 Å². The van der Waals surface area contributed by atoms with Crippen molar-refractivity contribution >= 4 is 11.9 Å². The Morgan fingerprint density at radius 1 is 1.50 bits per heavy atom.